The normalized spacial score (nSPS) is 33.8. The summed E-state index contributed by atoms with van der Waals surface area (Å²) in [4.78, 5) is 13.1. The highest BCUT2D eigenvalue weighted by molar-refractivity contribution is 5.98. The summed E-state index contributed by atoms with van der Waals surface area (Å²) in [6.07, 6.45) is 0.566. The van der Waals surface area contributed by atoms with Crippen LogP contribution in [-0.2, 0) is 4.74 Å². The molecular formula is C18H19NO3. The van der Waals surface area contributed by atoms with Gasteiger partial charge >= 0.3 is 0 Å². The monoisotopic (exact) mass is 297 g/mol. The molecule has 0 spiro atoms. The van der Waals surface area contributed by atoms with Crippen molar-refractivity contribution in [1.29, 1.82) is 0 Å². The van der Waals surface area contributed by atoms with Crippen LogP contribution in [0.1, 0.15) is 28.9 Å². The lowest BCUT2D eigenvalue weighted by Gasteiger charge is -2.46. The number of aliphatic hydroxyl groups is 1. The van der Waals surface area contributed by atoms with Crippen LogP contribution in [0.4, 0.5) is 0 Å². The molecule has 1 N–H and O–H groups in total. The van der Waals surface area contributed by atoms with Crippen molar-refractivity contribution >= 4 is 16.8 Å². The van der Waals surface area contributed by atoms with Crippen LogP contribution in [-0.4, -0.2) is 28.0 Å². The van der Waals surface area contributed by atoms with Gasteiger partial charge in [-0.15, -0.1) is 6.58 Å². The topological polar surface area (TPSA) is 51.5 Å². The van der Waals surface area contributed by atoms with Crippen molar-refractivity contribution in [3.63, 3.8) is 0 Å². The van der Waals surface area contributed by atoms with Crippen LogP contribution >= 0.6 is 0 Å². The fourth-order valence-corrected chi connectivity index (χ4v) is 4.30. The second-order valence-electron chi connectivity index (χ2n) is 6.30. The van der Waals surface area contributed by atoms with Gasteiger partial charge in [0.15, 0.2) is 6.29 Å². The van der Waals surface area contributed by atoms with E-state index >= 15 is 0 Å². The number of carbonyl (C=O) groups excluding carboxylic acids is 1. The fraction of sp³-hybridized carbons (Fsp3) is 0.389. The predicted octanol–water partition coefficient (Wildman–Crippen LogP) is 2.84. The number of aryl methyl sites for hydroxylation is 1. The average Bonchev–Trinajstić information content (AvgIpc) is 2.80. The molecule has 2 unspecified atom stereocenters. The first kappa shape index (κ1) is 13.7. The lowest BCUT2D eigenvalue weighted by molar-refractivity contribution is -0.198. The number of aromatic nitrogens is 1. The summed E-state index contributed by atoms with van der Waals surface area (Å²) in [7, 11) is 0. The van der Waals surface area contributed by atoms with Crippen LogP contribution in [0.25, 0.3) is 10.9 Å². The van der Waals surface area contributed by atoms with Crippen LogP contribution in [0, 0.1) is 18.8 Å². The van der Waals surface area contributed by atoms with Gasteiger partial charge in [0.2, 0.25) is 5.91 Å². The van der Waals surface area contributed by atoms with E-state index in [1.165, 1.54) is 0 Å². The van der Waals surface area contributed by atoms with Gasteiger partial charge < -0.3 is 9.84 Å². The first-order valence-corrected chi connectivity index (χ1v) is 7.66. The largest absolute Gasteiger partial charge is 0.367 e. The second kappa shape index (κ2) is 4.54. The van der Waals surface area contributed by atoms with E-state index < -0.39 is 6.29 Å². The molecule has 3 heterocycles. The second-order valence-corrected chi connectivity index (χ2v) is 6.30. The highest BCUT2D eigenvalue weighted by Crippen LogP contribution is 2.49. The molecule has 0 amide bonds. The van der Waals surface area contributed by atoms with E-state index in [1.807, 2.05) is 38.1 Å². The molecule has 0 saturated carbocycles. The van der Waals surface area contributed by atoms with Gasteiger partial charge in [0.05, 0.1) is 23.5 Å². The molecule has 1 fully saturated rings. The van der Waals surface area contributed by atoms with Gasteiger partial charge in [-0.05, 0) is 25.5 Å². The number of para-hydroxylation sites is 1. The molecule has 1 aromatic heterocycles. The molecule has 2 aromatic rings. The number of hydrogen-bond acceptors (Lipinski definition) is 3. The minimum absolute atomic E-state index is 0.0415. The zero-order chi connectivity index (χ0) is 15.6. The summed E-state index contributed by atoms with van der Waals surface area (Å²) in [6.45, 7) is 7.75. The smallest absolute Gasteiger partial charge is 0.237 e. The van der Waals surface area contributed by atoms with Crippen molar-refractivity contribution in [2.75, 3.05) is 0 Å². The van der Waals surface area contributed by atoms with Crippen molar-refractivity contribution in [1.82, 2.24) is 4.57 Å². The highest BCUT2D eigenvalue weighted by Gasteiger charge is 2.52. The summed E-state index contributed by atoms with van der Waals surface area (Å²) < 4.78 is 7.43. The van der Waals surface area contributed by atoms with Crippen LogP contribution in [0.3, 0.4) is 0 Å². The van der Waals surface area contributed by atoms with Crippen molar-refractivity contribution in [2.45, 2.75) is 32.2 Å². The van der Waals surface area contributed by atoms with Gasteiger partial charge in [-0.1, -0.05) is 24.3 Å². The summed E-state index contributed by atoms with van der Waals surface area (Å²) in [5.74, 6) is -0.598. The van der Waals surface area contributed by atoms with E-state index in [-0.39, 0.29) is 29.8 Å². The molecule has 4 heteroatoms. The molecule has 2 aliphatic heterocycles. The highest BCUT2D eigenvalue weighted by atomic mass is 16.6. The summed E-state index contributed by atoms with van der Waals surface area (Å²) in [6, 6.07) is 7.89. The third kappa shape index (κ3) is 1.51. The molecule has 1 aromatic carbocycles. The minimum Gasteiger partial charge on any atom is -0.367 e. The Hall–Kier alpha value is -1.91. The van der Waals surface area contributed by atoms with Gasteiger partial charge in [-0.3, -0.25) is 9.36 Å². The number of nitrogens with zero attached hydrogens (tertiary/aromatic N) is 1. The molecule has 22 heavy (non-hydrogen) atoms. The van der Waals surface area contributed by atoms with Crippen molar-refractivity contribution in [3.05, 3.63) is 48.2 Å². The SMILES string of the molecule is C=C[C@@H]1[C@@H]2c3c(C)c4ccccc4n3C(=O)[C@H]1C(C)OC2O. The average molecular weight is 297 g/mol. The Labute approximate surface area is 129 Å². The molecule has 2 bridgehead atoms. The van der Waals surface area contributed by atoms with E-state index in [0.29, 0.717) is 0 Å². The molecule has 5 atom stereocenters. The number of ether oxygens (including phenoxy) is 1. The Bertz CT molecular complexity index is 791. The first-order valence-electron chi connectivity index (χ1n) is 7.66. The van der Waals surface area contributed by atoms with Gasteiger partial charge in [0.1, 0.15) is 0 Å². The predicted molar refractivity (Wildman–Crippen MR) is 83.8 cm³/mol. The van der Waals surface area contributed by atoms with Crippen LogP contribution in [0.15, 0.2) is 36.9 Å². The summed E-state index contributed by atoms with van der Waals surface area (Å²) in [5, 5.41) is 11.5. The van der Waals surface area contributed by atoms with Crippen molar-refractivity contribution in [3.8, 4) is 0 Å². The lowest BCUT2D eigenvalue weighted by atomic mass is 9.71. The molecule has 0 radical (unpaired) electrons. The van der Waals surface area contributed by atoms with E-state index in [1.54, 1.807) is 10.6 Å². The Kier molecular flexibility index (Phi) is 2.83. The van der Waals surface area contributed by atoms with Gasteiger partial charge in [0, 0.05) is 17.0 Å². The maximum Gasteiger partial charge on any atom is 0.237 e. The van der Waals surface area contributed by atoms with E-state index in [9.17, 15) is 9.90 Å². The van der Waals surface area contributed by atoms with Crippen LogP contribution < -0.4 is 0 Å². The summed E-state index contributed by atoms with van der Waals surface area (Å²) in [5.41, 5.74) is 2.82. The molecule has 1 saturated heterocycles. The molecule has 4 rings (SSSR count). The molecule has 4 nitrogen and oxygen atoms in total. The van der Waals surface area contributed by atoms with Crippen LogP contribution in [0.2, 0.25) is 0 Å². The fourth-order valence-electron chi connectivity index (χ4n) is 4.30. The van der Waals surface area contributed by atoms with Gasteiger partial charge in [0.25, 0.3) is 0 Å². The van der Waals surface area contributed by atoms with E-state index in [4.69, 9.17) is 4.74 Å². The Morgan fingerprint density at radius 2 is 2.05 bits per heavy atom. The Morgan fingerprint density at radius 3 is 2.77 bits per heavy atom. The standard InChI is InChI=1S/C18H19NO3/c1-4-11-14-10(3)22-18(21)15(11)16-9(2)12-7-5-6-8-13(12)19(16)17(14)20/h4-8,10-11,14-15,18,21H,1H2,2-3H3/t10?,11-,14-,15+,18?/m0/s1. The zero-order valence-corrected chi connectivity index (χ0v) is 12.7. The molecule has 0 aliphatic carbocycles. The number of carbonyl (C=O) groups is 1. The van der Waals surface area contributed by atoms with Crippen molar-refractivity contribution < 1.29 is 14.6 Å². The third-order valence-electron chi connectivity index (χ3n) is 5.26. The van der Waals surface area contributed by atoms with Gasteiger partial charge in [-0.25, -0.2) is 0 Å². The summed E-state index contributed by atoms with van der Waals surface area (Å²) >= 11 is 0. The van der Waals surface area contributed by atoms with Crippen molar-refractivity contribution in [2.24, 2.45) is 11.8 Å². The number of benzene rings is 1. The Balaban J connectivity index is 2.09. The minimum atomic E-state index is -0.913. The number of hydrogen-bond donors (Lipinski definition) is 1. The number of allylic oxidation sites excluding steroid dienone is 1. The number of fused-ring (bicyclic) bond motifs is 6. The lowest BCUT2D eigenvalue weighted by Crippen LogP contribution is -2.53. The third-order valence-corrected chi connectivity index (χ3v) is 5.26. The molecular weight excluding hydrogens is 278 g/mol. The Morgan fingerprint density at radius 1 is 1.32 bits per heavy atom. The number of rotatable bonds is 1. The molecule has 2 aliphatic rings. The van der Waals surface area contributed by atoms with E-state index in [2.05, 4.69) is 6.58 Å². The quantitative estimate of drug-likeness (QED) is 0.824. The maximum absolute atomic E-state index is 13.1. The number of aliphatic hydroxyl groups excluding tert-OH is 1. The zero-order valence-electron chi connectivity index (χ0n) is 12.7. The van der Waals surface area contributed by atoms with Crippen LogP contribution in [0.5, 0.6) is 0 Å². The van der Waals surface area contributed by atoms with E-state index in [0.717, 1.165) is 22.2 Å². The molecule has 114 valence electrons. The first-order chi connectivity index (χ1) is 10.6. The van der Waals surface area contributed by atoms with Gasteiger partial charge in [-0.2, -0.15) is 0 Å². The maximum atomic E-state index is 13.1.